The van der Waals surface area contributed by atoms with E-state index in [1.807, 2.05) is 4.68 Å². The molecule has 26 heavy (non-hydrogen) atoms. The molecule has 0 fully saturated rings. The number of anilines is 1. The molecule has 2 heterocycles. The van der Waals surface area contributed by atoms with Gasteiger partial charge in [-0.25, -0.2) is 19.3 Å². The Morgan fingerprint density at radius 3 is 2.35 bits per heavy atom. The molecule has 0 aliphatic heterocycles. The van der Waals surface area contributed by atoms with Crippen LogP contribution in [0.2, 0.25) is 0 Å². The van der Waals surface area contributed by atoms with Gasteiger partial charge < -0.3 is 5.32 Å². The minimum absolute atomic E-state index is 0.725. The number of hydrogen-bond donors (Lipinski definition) is 1. The second-order valence-corrected chi connectivity index (χ2v) is 6.10. The van der Waals surface area contributed by atoms with Gasteiger partial charge >= 0.3 is 0 Å². The summed E-state index contributed by atoms with van der Waals surface area (Å²) in [5, 5.41) is 11.8. The van der Waals surface area contributed by atoms with E-state index in [0.717, 1.165) is 30.0 Å². The minimum Gasteiger partial charge on any atom is -0.381 e. The fourth-order valence-electron chi connectivity index (χ4n) is 2.85. The molecule has 0 saturated heterocycles. The van der Waals surface area contributed by atoms with Crippen molar-refractivity contribution in [2.75, 3.05) is 5.32 Å². The molecule has 0 atom stereocenters. The maximum Gasteiger partial charge on any atom is 0.138 e. The van der Waals surface area contributed by atoms with Crippen molar-refractivity contribution >= 4 is 5.69 Å². The predicted molar refractivity (Wildman–Crippen MR) is 99.0 cm³/mol. The number of nitrogens with one attached hydrogen (secondary N) is 1. The van der Waals surface area contributed by atoms with Gasteiger partial charge in [0.05, 0.1) is 12.2 Å². The smallest absolute Gasteiger partial charge is 0.138 e. The molecule has 0 spiro atoms. The highest BCUT2D eigenvalue weighted by Crippen LogP contribution is 2.17. The maximum absolute atomic E-state index is 4.19. The third kappa shape index (κ3) is 3.61. The maximum atomic E-state index is 4.19. The first-order valence-electron chi connectivity index (χ1n) is 8.38. The molecule has 4 rings (SSSR count). The summed E-state index contributed by atoms with van der Waals surface area (Å²) in [7, 11) is 0. The third-order valence-corrected chi connectivity index (χ3v) is 4.19. The van der Waals surface area contributed by atoms with Gasteiger partial charge in [0.15, 0.2) is 0 Å². The van der Waals surface area contributed by atoms with E-state index in [4.69, 9.17) is 0 Å². The van der Waals surface area contributed by atoms with E-state index in [9.17, 15) is 0 Å². The zero-order valence-corrected chi connectivity index (χ0v) is 14.4. The normalized spacial score (nSPS) is 10.8. The molecule has 0 aliphatic carbocycles. The molecule has 0 unspecified atom stereocenters. The first kappa shape index (κ1) is 16.0. The lowest BCUT2D eigenvalue weighted by atomic mass is 10.1. The van der Waals surface area contributed by atoms with E-state index in [-0.39, 0.29) is 0 Å². The summed E-state index contributed by atoms with van der Waals surface area (Å²) >= 11 is 0. The van der Waals surface area contributed by atoms with Gasteiger partial charge in [-0.2, -0.15) is 10.2 Å². The van der Waals surface area contributed by atoms with Gasteiger partial charge in [0, 0.05) is 12.2 Å². The third-order valence-electron chi connectivity index (χ3n) is 4.19. The molecule has 0 saturated carbocycles. The van der Waals surface area contributed by atoms with Crippen molar-refractivity contribution in [2.24, 2.45) is 0 Å². The lowest BCUT2D eigenvalue weighted by molar-refractivity contribution is 0.685. The molecule has 0 radical (unpaired) electrons. The highest BCUT2D eigenvalue weighted by atomic mass is 15.3. The molecule has 0 bridgehead atoms. The summed E-state index contributed by atoms with van der Waals surface area (Å²) < 4.78 is 3.59. The van der Waals surface area contributed by atoms with Crippen LogP contribution in [-0.2, 0) is 13.1 Å². The van der Waals surface area contributed by atoms with Crippen LogP contribution in [0.5, 0.6) is 0 Å². The number of benzene rings is 2. The minimum atomic E-state index is 0.725. The molecule has 7 nitrogen and oxygen atoms in total. The van der Waals surface area contributed by atoms with Crippen molar-refractivity contribution < 1.29 is 0 Å². The highest BCUT2D eigenvalue weighted by molar-refractivity contribution is 5.47. The van der Waals surface area contributed by atoms with Gasteiger partial charge in [-0.3, -0.25) is 0 Å². The summed E-state index contributed by atoms with van der Waals surface area (Å²) in [4.78, 5) is 7.96. The summed E-state index contributed by atoms with van der Waals surface area (Å²) in [6.07, 6.45) is 6.52. The van der Waals surface area contributed by atoms with Crippen molar-refractivity contribution in [1.29, 1.82) is 0 Å². The Morgan fingerprint density at radius 2 is 1.65 bits per heavy atom. The van der Waals surface area contributed by atoms with Gasteiger partial charge in [-0.1, -0.05) is 24.3 Å². The van der Waals surface area contributed by atoms with Crippen molar-refractivity contribution in [2.45, 2.75) is 20.0 Å². The molecule has 0 aliphatic rings. The molecular weight excluding hydrogens is 326 g/mol. The van der Waals surface area contributed by atoms with E-state index in [1.165, 1.54) is 11.1 Å². The first-order valence-corrected chi connectivity index (χ1v) is 8.38. The zero-order chi connectivity index (χ0) is 17.8. The summed E-state index contributed by atoms with van der Waals surface area (Å²) in [6, 6.07) is 14.7. The van der Waals surface area contributed by atoms with Gasteiger partial charge in [-0.05, 0) is 41.8 Å². The Balaban J connectivity index is 1.38. The van der Waals surface area contributed by atoms with E-state index < -0.39 is 0 Å². The predicted octanol–water partition coefficient (Wildman–Crippen LogP) is 2.83. The van der Waals surface area contributed by atoms with Crippen LogP contribution in [0.3, 0.4) is 0 Å². The van der Waals surface area contributed by atoms with E-state index >= 15 is 0 Å². The zero-order valence-electron chi connectivity index (χ0n) is 14.4. The van der Waals surface area contributed by atoms with E-state index in [0.29, 0.717) is 0 Å². The fraction of sp³-hybridized carbons (Fsp3) is 0.158. The molecule has 2 aromatic carbocycles. The SMILES string of the molecule is Cc1cc(CNc2ccc(Cn3cncn3)cc2)ccc1-n1cncn1. The number of nitrogens with zero attached hydrogens (tertiary/aromatic N) is 6. The lowest BCUT2D eigenvalue weighted by Crippen LogP contribution is -2.03. The fourth-order valence-corrected chi connectivity index (χ4v) is 2.85. The number of rotatable bonds is 6. The van der Waals surface area contributed by atoms with Crippen molar-refractivity contribution in [3.05, 3.63) is 84.5 Å². The molecular formula is C19H19N7. The van der Waals surface area contributed by atoms with Gasteiger partial charge in [0.2, 0.25) is 0 Å². The second kappa shape index (κ2) is 7.18. The summed E-state index contributed by atoms with van der Waals surface area (Å²) in [6.45, 7) is 3.57. The van der Waals surface area contributed by atoms with Crippen LogP contribution >= 0.6 is 0 Å². The number of aromatic nitrogens is 6. The monoisotopic (exact) mass is 345 g/mol. The largest absolute Gasteiger partial charge is 0.381 e. The van der Waals surface area contributed by atoms with Crippen molar-refractivity contribution in [3.8, 4) is 5.69 Å². The van der Waals surface area contributed by atoms with Gasteiger partial charge in [-0.15, -0.1) is 0 Å². The molecule has 130 valence electrons. The van der Waals surface area contributed by atoms with Crippen LogP contribution in [0, 0.1) is 6.92 Å². The Hall–Kier alpha value is -3.48. The molecule has 2 aromatic heterocycles. The highest BCUT2D eigenvalue weighted by Gasteiger charge is 2.03. The topological polar surface area (TPSA) is 73.5 Å². The Labute approximate surface area is 151 Å². The second-order valence-electron chi connectivity index (χ2n) is 6.10. The first-order chi connectivity index (χ1) is 12.8. The lowest BCUT2D eigenvalue weighted by Gasteiger charge is -2.11. The number of hydrogen-bond acceptors (Lipinski definition) is 5. The molecule has 7 heteroatoms. The van der Waals surface area contributed by atoms with E-state index in [2.05, 4.69) is 74.9 Å². The summed E-state index contributed by atoms with van der Waals surface area (Å²) in [5.74, 6) is 0. The van der Waals surface area contributed by atoms with E-state index in [1.54, 1.807) is 30.0 Å². The Bertz CT molecular complexity index is 958. The standard InChI is InChI=1S/C19H19N7/c1-15-8-17(4-7-19(15)26-14-21-12-24-26)9-22-18-5-2-16(3-6-18)10-25-13-20-11-23-25/h2-8,11-14,22H,9-10H2,1H3. The van der Waals surface area contributed by atoms with Gasteiger partial charge in [0.1, 0.15) is 25.3 Å². The van der Waals surface area contributed by atoms with Crippen molar-refractivity contribution in [1.82, 2.24) is 29.5 Å². The van der Waals surface area contributed by atoms with Crippen LogP contribution in [0.15, 0.2) is 67.8 Å². The van der Waals surface area contributed by atoms with Crippen LogP contribution in [-0.4, -0.2) is 29.5 Å². The number of aryl methyl sites for hydroxylation is 1. The van der Waals surface area contributed by atoms with Gasteiger partial charge in [0.25, 0.3) is 0 Å². The van der Waals surface area contributed by atoms with Crippen LogP contribution in [0.4, 0.5) is 5.69 Å². The average molecular weight is 345 g/mol. The molecule has 4 aromatic rings. The van der Waals surface area contributed by atoms with Crippen molar-refractivity contribution in [3.63, 3.8) is 0 Å². The molecule has 1 N–H and O–H groups in total. The van der Waals surface area contributed by atoms with Crippen LogP contribution in [0.25, 0.3) is 5.69 Å². The molecule has 0 amide bonds. The quantitative estimate of drug-likeness (QED) is 0.582. The Kier molecular flexibility index (Phi) is 4.42. The average Bonchev–Trinajstić information content (AvgIpc) is 3.35. The Morgan fingerprint density at radius 1 is 0.885 bits per heavy atom. The summed E-state index contributed by atoms with van der Waals surface area (Å²) in [5.41, 5.74) is 5.71. The van der Waals surface area contributed by atoms with Crippen LogP contribution in [0.1, 0.15) is 16.7 Å². The van der Waals surface area contributed by atoms with Crippen LogP contribution < -0.4 is 5.32 Å².